The van der Waals surface area contributed by atoms with Crippen molar-refractivity contribution < 1.29 is 4.79 Å². The van der Waals surface area contributed by atoms with Crippen LogP contribution in [-0.4, -0.2) is 39.9 Å². The first-order valence-electron chi connectivity index (χ1n) is 11.2. The first-order chi connectivity index (χ1) is 14.3. The zero-order valence-corrected chi connectivity index (χ0v) is 17.2. The van der Waals surface area contributed by atoms with Crippen LogP contribution >= 0.6 is 0 Å². The molecule has 1 amide bonds. The lowest BCUT2D eigenvalue weighted by atomic mass is 9.90. The van der Waals surface area contributed by atoms with Crippen LogP contribution in [-0.2, 0) is 6.42 Å². The number of nitrogens with zero attached hydrogens (tertiary/aromatic N) is 3. The van der Waals surface area contributed by atoms with Gasteiger partial charge in [-0.2, -0.15) is 0 Å². The summed E-state index contributed by atoms with van der Waals surface area (Å²) in [6.45, 7) is 1.64. The van der Waals surface area contributed by atoms with Gasteiger partial charge in [-0.1, -0.05) is 56.0 Å². The van der Waals surface area contributed by atoms with E-state index in [9.17, 15) is 4.79 Å². The number of rotatable bonds is 5. The molecule has 29 heavy (non-hydrogen) atoms. The number of hydrogen-bond acceptors (Lipinski definition) is 4. The summed E-state index contributed by atoms with van der Waals surface area (Å²) in [6, 6.07) is 11.1. The van der Waals surface area contributed by atoms with Crippen molar-refractivity contribution >= 4 is 11.9 Å². The number of anilines is 1. The molecule has 2 heterocycles. The van der Waals surface area contributed by atoms with Gasteiger partial charge >= 0.3 is 0 Å². The average molecular weight is 393 g/mol. The van der Waals surface area contributed by atoms with Gasteiger partial charge in [0.1, 0.15) is 0 Å². The molecule has 1 saturated carbocycles. The minimum Gasteiger partial charge on any atom is -0.351 e. The van der Waals surface area contributed by atoms with Crippen LogP contribution in [0.4, 0.5) is 5.95 Å². The van der Waals surface area contributed by atoms with Crippen LogP contribution in [0.1, 0.15) is 67.3 Å². The van der Waals surface area contributed by atoms with Crippen LogP contribution in [0.5, 0.6) is 0 Å². The highest BCUT2D eigenvalue weighted by molar-refractivity contribution is 5.93. The van der Waals surface area contributed by atoms with Crippen molar-refractivity contribution in [3.63, 3.8) is 0 Å². The number of amides is 1. The van der Waals surface area contributed by atoms with Gasteiger partial charge in [0.2, 0.25) is 5.95 Å². The normalized spacial score (nSPS) is 19.0. The Hall–Kier alpha value is -2.43. The van der Waals surface area contributed by atoms with E-state index in [-0.39, 0.29) is 5.91 Å². The van der Waals surface area contributed by atoms with E-state index in [4.69, 9.17) is 0 Å². The number of carbonyl (C=O) groups is 1. The van der Waals surface area contributed by atoms with Gasteiger partial charge in [-0.3, -0.25) is 4.79 Å². The third-order valence-electron chi connectivity index (χ3n) is 6.36. The number of nitrogens with one attached hydrogen (secondary N) is 1. The highest BCUT2D eigenvalue weighted by Gasteiger charge is 2.24. The second kappa shape index (κ2) is 9.86. The predicted octanol–water partition coefficient (Wildman–Crippen LogP) is 4.71. The summed E-state index contributed by atoms with van der Waals surface area (Å²) in [7, 11) is 0. The first-order valence-corrected chi connectivity index (χ1v) is 11.2. The molecule has 1 aliphatic carbocycles. The standard InChI is InChI=1S/C24H32N4O/c29-23(28-14-12-20(13-15-28)16-19-8-4-3-5-9-19)21-17-25-24(26-18-21)27-22-10-6-1-2-7-11-22/h3-5,8-9,17-18,20,22H,1-2,6-7,10-16H2,(H,25,26,27). The quantitative estimate of drug-likeness (QED) is 0.749. The molecular weight excluding hydrogens is 360 g/mol. The van der Waals surface area contributed by atoms with Crippen molar-refractivity contribution in [2.45, 2.75) is 63.8 Å². The molecule has 0 spiro atoms. The molecule has 0 unspecified atom stereocenters. The molecule has 1 saturated heterocycles. The fraction of sp³-hybridized carbons (Fsp3) is 0.542. The number of aromatic nitrogens is 2. The van der Waals surface area contributed by atoms with Crippen molar-refractivity contribution in [2.75, 3.05) is 18.4 Å². The lowest BCUT2D eigenvalue weighted by Crippen LogP contribution is -2.39. The summed E-state index contributed by atoms with van der Waals surface area (Å²) in [5, 5.41) is 3.45. The first kappa shape index (κ1) is 19.9. The van der Waals surface area contributed by atoms with Gasteiger partial charge in [0.25, 0.3) is 5.91 Å². The summed E-state index contributed by atoms with van der Waals surface area (Å²) in [4.78, 5) is 23.6. The smallest absolute Gasteiger partial charge is 0.256 e. The molecule has 1 N–H and O–H groups in total. The maximum Gasteiger partial charge on any atom is 0.256 e. The van der Waals surface area contributed by atoms with Gasteiger partial charge < -0.3 is 10.2 Å². The molecule has 154 valence electrons. The molecule has 5 heteroatoms. The monoisotopic (exact) mass is 392 g/mol. The van der Waals surface area contributed by atoms with E-state index >= 15 is 0 Å². The Morgan fingerprint density at radius 1 is 0.931 bits per heavy atom. The Kier molecular flexibility index (Phi) is 6.75. The molecule has 0 bridgehead atoms. The summed E-state index contributed by atoms with van der Waals surface area (Å²) < 4.78 is 0. The third kappa shape index (κ3) is 5.55. The minimum atomic E-state index is 0.0594. The van der Waals surface area contributed by atoms with E-state index < -0.39 is 0 Å². The van der Waals surface area contributed by atoms with E-state index in [1.807, 2.05) is 4.90 Å². The predicted molar refractivity (Wildman–Crippen MR) is 116 cm³/mol. The summed E-state index contributed by atoms with van der Waals surface area (Å²) in [5.41, 5.74) is 1.99. The summed E-state index contributed by atoms with van der Waals surface area (Å²) >= 11 is 0. The number of benzene rings is 1. The minimum absolute atomic E-state index is 0.0594. The van der Waals surface area contributed by atoms with Gasteiger partial charge in [-0.25, -0.2) is 9.97 Å². The lowest BCUT2D eigenvalue weighted by Gasteiger charge is -2.32. The highest BCUT2D eigenvalue weighted by Crippen LogP contribution is 2.23. The van der Waals surface area contributed by atoms with Crippen LogP contribution in [0.3, 0.4) is 0 Å². The molecule has 0 radical (unpaired) electrons. The Balaban J connectivity index is 1.27. The molecular formula is C24H32N4O. The Morgan fingerprint density at radius 3 is 2.24 bits per heavy atom. The molecule has 1 aromatic heterocycles. The van der Waals surface area contributed by atoms with Crippen LogP contribution in [0.2, 0.25) is 0 Å². The zero-order chi connectivity index (χ0) is 19.9. The fourth-order valence-electron chi connectivity index (χ4n) is 4.59. The third-order valence-corrected chi connectivity index (χ3v) is 6.36. The van der Waals surface area contributed by atoms with Gasteiger partial charge in [0.15, 0.2) is 0 Å². The van der Waals surface area contributed by atoms with E-state index in [1.165, 1.54) is 44.1 Å². The Labute approximate surface area is 173 Å². The Bertz CT molecular complexity index is 761. The highest BCUT2D eigenvalue weighted by atomic mass is 16.2. The number of likely N-dealkylation sites (tertiary alicyclic amines) is 1. The van der Waals surface area contributed by atoms with Crippen molar-refractivity contribution in [3.05, 3.63) is 53.9 Å². The Morgan fingerprint density at radius 2 is 1.59 bits per heavy atom. The van der Waals surface area contributed by atoms with Crippen molar-refractivity contribution in [3.8, 4) is 0 Å². The topological polar surface area (TPSA) is 58.1 Å². The molecule has 0 atom stereocenters. The van der Waals surface area contributed by atoms with Gasteiger partial charge in [0, 0.05) is 31.5 Å². The number of carbonyl (C=O) groups excluding carboxylic acids is 1. The van der Waals surface area contributed by atoms with E-state index in [0.29, 0.717) is 23.5 Å². The van der Waals surface area contributed by atoms with Crippen molar-refractivity contribution in [1.82, 2.24) is 14.9 Å². The maximum atomic E-state index is 12.8. The summed E-state index contributed by atoms with van der Waals surface area (Å²) in [6.07, 6.45) is 14.2. The molecule has 2 aliphatic rings. The van der Waals surface area contributed by atoms with Crippen molar-refractivity contribution in [1.29, 1.82) is 0 Å². The number of piperidine rings is 1. The maximum absolute atomic E-state index is 12.8. The second-order valence-electron chi connectivity index (χ2n) is 8.55. The fourth-order valence-corrected chi connectivity index (χ4v) is 4.59. The SMILES string of the molecule is O=C(c1cnc(NC2CCCCCC2)nc1)N1CCC(Cc2ccccc2)CC1. The molecule has 2 aromatic rings. The van der Waals surface area contributed by atoms with Gasteiger partial charge in [-0.05, 0) is 43.6 Å². The molecule has 5 nitrogen and oxygen atoms in total. The van der Waals surface area contributed by atoms with Crippen LogP contribution in [0.25, 0.3) is 0 Å². The average Bonchev–Trinajstić information content (AvgIpc) is 3.04. The van der Waals surface area contributed by atoms with Crippen molar-refractivity contribution in [2.24, 2.45) is 5.92 Å². The van der Waals surface area contributed by atoms with E-state index in [2.05, 4.69) is 45.6 Å². The molecule has 1 aromatic carbocycles. The molecule has 4 rings (SSSR count). The van der Waals surface area contributed by atoms with Gasteiger partial charge in [-0.15, -0.1) is 0 Å². The van der Waals surface area contributed by atoms with Crippen LogP contribution in [0, 0.1) is 5.92 Å². The largest absolute Gasteiger partial charge is 0.351 e. The van der Waals surface area contributed by atoms with Crippen LogP contribution < -0.4 is 5.32 Å². The molecule has 1 aliphatic heterocycles. The number of hydrogen-bond donors (Lipinski definition) is 1. The lowest BCUT2D eigenvalue weighted by molar-refractivity contribution is 0.0689. The van der Waals surface area contributed by atoms with E-state index in [0.717, 1.165) is 32.4 Å². The second-order valence-corrected chi connectivity index (χ2v) is 8.55. The van der Waals surface area contributed by atoms with E-state index in [1.54, 1.807) is 12.4 Å². The molecule has 2 fully saturated rings. The summed E-state index contributed by atoms with van der Waals surface area (Å²) in [5.74, 6) is 1.36. The van der Waals surface area contributed by atoms with Gasteiger partial charge in [0.05, 0.1) is 5.56 Å². The van der Waals surface area contributed by atoms with Crippen LogP contribution in [0.15, 0.2) is 42.7 Å². The zero-order valence-electron chi connectivity index (χ0n) is 17.2.